The Bertz CT molecular complexity index is 1470. The molecule has 0 fully saturated rings. The zero-order valence-electron chi connectivity index (χ0n) is 16.9. The van der Waals surface area contributed by atoms with E-state index in [1.807, 2.05) is 0 Å². The lowest BCUT2D eigenvalue weighted by atomic mass is 9.91. The van der Waals surface area contributed by atoms with Crippen molar-refractivity contribution in [1.82, 2.24) is 14.3 Å². The first-order chi connectivity index (χ1) is 15.7. The molecule has 0 aliphatic carbocycles. The van der Waals surface area contributed by atoms with Crippen molar-refractivity contribution in [2.45, 2.75) is 18.3 Å². The Labute approximate surface area is 190 Å². The molecule has 1 atom stereocenters. The molecule has 0 saturated heterocycles. The van der Waals surface area contributed by atoms with Gasteiger partial charge in [0.25, 0.3) is 0 Å². The largest absolute Gasteiger partial charge is 0.423 e. The summed E-state index contributed by atoms with van der Waals surface area (Å²) in [5.41, 5.74) is -1.91. The van der Waals surface area contributed by atoms with E-state index in [4.69, 9.17) is 11.6 Å². The molecule has 0 saturated carbocycles. The van der Waals surface area contributed by atoms with Gasteiger partial charge in [0.1, 0.15) is 5.82 Å². The molecule has 0 spiro atoms. The minimum Gasteiger partial charge on any atom is -0.375 e. The van der Waals surface area contributed by atoms with Crippen LogP contribution in [0.15, 0.2) is 79.1 Å². The summed E-state index contributed by atoms with van der Waals surface area (Å²) >= 11 is 6.02. The fourth-order valence-corrected chi connectivity index (χ4v) is 4.13. The first kappa shape index (κ1) is 21.5. The standard InChI is InChI=1S/C24H16ClF4N3O/c25-18-3-1-15-9-10-31(22(15)12-18)14-23(33,24(27,28)29)17-2-8-21-16(11-17)13-30-32(21)20-6-4-19(26)5-7-20/h1-13,33H,14H2. The monoisotopic (exact) mass is 473 g/mol. The second-order valence-corrected chi connectivity index (χ2v) is 8.25. The highest BCUT2D eigenvalue weighted by Crippen LogP contribution is 2.42. The lowest BCUT2D eigenvalue weighted by Crippen LogP contribution is -2.45. The number of fused-ring (bicyclic) bond motifs is 2. The quantitative estimate of drug-likeness (QED) is 0.315. The molecule has 1 N–H and O–H groups in total. The molecule has 4 nitrogen and oxygen atoms in total. The van der Waals surface area contributed by atoms with Crippen molar-refractivity contribution in [3.05, 3.63) is 95.5 Å². The molecule has 33 heavy (non-hydrogen) atoms. The lowest BCUT2D eigenvalue weighted by molar-refractivity contribution is -0.271. The van der Waals surface area contributed by atoms with Crippen LogP contribution in [0.1, 0.15) is 5.56 Å². The number of benzene rings is 3. The van der Waals surface area contributed by atoms with Crippen LogP contribution < -0.4 is 0 Å². The van der Waals surface area contributed by atoms with Crippen molar-refractivity contribution < 1.29 is 22.7 Å². The van der Waals surface area contributed by atoms with E-state index >= 15 is 0 Å². The number of nitrogens with zero attached hydrogens (tertiary/aromatic N) is 3. The Morgan fingerprint density at radius 2 is 1.64 bits per heavy atom. The number of hydrogen-bond acceptors (Lipinski definition) is 2. The van der Waals surface area contributed by atoms with E-state index in [-0.39, 0.29) is 5.56 Å². The summed E-state index contributed by atoms with van der Waals surface area (Å²) in [5, 5.41) is 16.7. The van der Waals surface area contributed by atoms with E-state index < -0.39 is 24.1 Å². The predicted octanol–water partition coefficient (Wildman–Crippen LogP) is 6.22. The minimum atomic E-state index is -4.96. The number of rotatable bonds is 4. The molecular weight excluding hydrogens is 458 g/mol. The first-order valence-corrected chi connectivity index (χ1v) is 10.3. The third kappa shape index (κ3) is 3.65. The highest BCUT2D eigenvalue weighted by Gasteiger charge is 2.55. The number of halogens is 5. The summed E-state index contributed by atoms with van der Waals surface area (Å²) in [6, 6.07) is 16.1. The maximum Gasteiger partial charge on any atom is 0.423 e. The SMILES string of the molecule is OC(Cn1ccc2ccc(Cl)cc21)(c1ccc2c(cnn2-c2ccc(F)cc2)c1)C(F)(F)F. The summed E-state index contributed by atoms with van der Waals surface area (Å²) < 4.78 is 58.7. The smallest absolute Gasteiger partial charge is 0.375 e. The third-order valence-electron chi connectivity index (χ3n) is 5.72. The van der Waals surface area contributed by atoms with Gasteiger partial charge in [0.15, 0.2) is 0 Å². The summed E-state index contributed by atoms with van der Waals surface area (Å²) in [5.74, 6) is -0.411. The van der Waals surface area contributed by atoms with Crippen LogP contribution in [-0.2, 0) is 12.1 Å². The van der Waals surface area contributed by atoms with Gasteiger partial charge in [-0.1, -0.05) is 23.7 Å². The Kier molecular flexibility index (Phi) is 4.95. The molecule has 168 valence electrons. The number of aliphatic hydroxyl groups is 1. The zero-order chi connectivity index (χ0) is 23.4. The van der Waals surface area contributed by atoms with Gasteiger partial charge < -0.3 is 9.67 Å². The maximum absolute atomic E-state index is 14.2. The molecular formula is C24H16ClF4N3O. The molecule has 0 bridgehead atoms. The van der Waals surface area contributed by atoms with Gasteiger partial charge >= 0.3 is 6.18 Å². The molecule has 0 radical (unpaired) electrons. The van der Waals surface area contributed by atoms with E-state index in [9.17, 15) is 22.7 Å². The number of alkyl halides is 3. The summed E-state index contributed by atoms with van der Waals surface area (Å²) in [6.07, 6.45) is -2.06. The van der Waals surface area contributed by atoms with Crippen molar-refractivity contribution >= 4 is 33.4 Å². The first-order valence-electron chi connectivity index (χ1n) is 9.93. The van der Waals surface area contributed by atoms with Crippen molar-refractivity contribution in [2.75, 3.05) is 0 Å². The molecule has 5 aromatic rings. The predicted molar refractivity (Wildman–Crippen MR) is 118 cm³/mol. The van der Waals surface area contributed by atoms with Crippen LogP contribution in [0, 0.1) is 5.82 Å². The van der Waals surface area contributed by atoms with Crippen LogP contribution in [0.25, 0.3) is 27.5 Å². The Balaban J connectivity index is 1.59. The Morgan fingerprint density at radius 3 is 2.36 bits per heavy atom. The number of aromatic nitrogens is 3. The Morgan fingerprint density at radius 1 is 0.879 bits per heavy atom. The van der Waals surface area contributed by atoms with E-state index in [0.717, 1.165) is 0 Å². The highest BCUT2D eigenvalue weighted by atomic mass is 35.5. The van der Waals surface area contributed by atoms with Gasteiger partial charge in [0, 0.05) is 22.1 Å². The molecule has 1 unspecified atom stereocenters. The van der Waals surface area contributed by atoms with Crippen molar-refractivity contribution in [3.8, 4) is 5.69 Å². The topological polar surface area (TPSA) is 43.0 Å². The summed E-state index contributed by atoms with van der Waals surface area (Å²) in [7, 11) is 0. The van der Waals surface area contributed by atoms with Gasteiger partial charge in [-0.2, -0.15) is 18.3 Å². The highest BCUT2D eigenvalue weighted by molar-refractivity contribution is 6.31. The maximum atomic E-state index is 14.2. The van der Waals surface area contributed by atoms with Crippen molar-refractivity contribution in [1.29, 1.82) is 0 Å². The van der Waals surface area contributed by atoms with Gasteiger partial charge in [-0.3, -0.25) is 0 Å². The van der Waals surface area contributed by atoms with Crippen LogP contribution in [0.5, 0.6) is 0 Å². The Hall–Kier alpha value is -3.36. The van der Waals surface area contributed by atoms with Crippen molar-refractivity contribution in [2.24, 2.45) is 0 Å². The number of hydrogen-bond donors (Lipinski definition) is 1. The molecule has 0 aliphatic rings. The molecule has 9 heteroatoms. The summed E-state index contributed by atoms with van der Waals surface area (Å²) in [4.78, 5) is 0. The minimum absolute atomic E-state index is 0.315. The fourth-order valence-electron chi connectivity index (χ4n) is 3.96. The van der Waals surface area contributed by atoms with Gasteiger partial charge in [0.2, 0.25) is 5.60 Å². The van der Waals surface area contributed by atoms with Crippen molar-refractivity contribution in [3.63, 3.8) is 0 Å². The molecule has 2 heterocycles. The van der Waals surface area contributed by atoms with Gasteiger partial charge in [-0.05, 0) is 65.5 Å². The van der Waals surface area contributed by atoms with Gasteiger partial charge in [0.05, 0.1) is 23.9 Å². The normalized spacial score (nSPS) is 14.1. The van der Waals surface area contributed by atoms with Gasteiger partial charge in [-0.25, -0.2) is 9.07 Å². The van der Waals surface area contributed by atoms with Crippen LogP contribution in [0.3, 0.4) is 0 Å². The molecule has 0 amide bonds. The van der Waals surface area contributed by atoms with E-state index in [1.54, 1.807) is 24.3 Å². The second-order valence-electron chi connectivity index (χ2n) is 7.81. The van der Waals surface area contributed by atoms with Crippen LogP contribution >= 0.6 is 11.6 Å². The van der Waals surface area contributed by atoms with Crippen LogP contribution in [0.4, 0.5) is 17.6 Å². The fraction of sp³-hybridized carbons (Fsp3) is 0.125. The third-order valence-corrected chi connectivity index (χ3v) is 5.96. The van der Waals surface area contributed by atoms with Crippen LogP contribution in [-0.4, -0.2) is 25.6 Å². The van der Waals surface area contributed by atoms with E-state index in [2.05, 4.69) is 5.10 Å². The van der Waals surface area contributed by atoms with Crippen LogP contribution in [0.2, 0.25) is 5.02 Å². The van der Waals surface area contributed by atoms with E-state index in [0.29, 0.717) is 32.5 Å². The molecule has 3 aromatic carbocycles. The molecule has 0 aliphatic heterocycles. The molecule has 5 rings (SSSR count). The average molecular weight is 474 g/mol. The molecule has 2 aromatic heterocycles. The van der Waals surface area contributed by atoms with E-state index in [1.165, 1.54) is 64.1 Å². The second kappa shape index (κ2) is 7.60. The summed E-state index contributed by atoms with van der Waals surface area (Å²) in [6.45, 7) is -0.752. The zero-order valence-corrected chi connectivity index (χ0v) is 17.6. The van der Waals surface area contributed by atoms with Gasteiger partial charge in [-0.15, -0.1) is 0 Å². The average Bonchev–Trinajstić information content (AvgIpc) is 3.37. The lowest BCUT2D eigenvalue weighted by Gasteiger charge is -2.32.